The van der Waals surface area contributed by atoms with Crippen LogP contribution in [-0.4, -0.2) is 64.6 Å². The van der Waals surface area contributed by atoms with Gasteiger partial charge in [0.2, 0.25) is 0 Å². The summed E-state index contributed by atoms with van der Waals surface area (Å²) in [6, 6.07) is 15.7. The number of aryl methyl sites for hydroxylation is 1. The first kappa shape index (κ1) is 20.3. The number of rotatable bonds is 4. The first-order chi connectivity index (χ1) is 15.5. The molecule has 0 saturated carbocycles. The fraction of sp³-hybridized carbons (Fsp3) is 0.292. The van der Waals surface area contributed by atoms with Gasteiger partial charge in [-0.05, 0) is 26.1 Å². The quantitative estimate of drug-likeness (QED) is 0.536. The lowest BCUT2D eigenvalue weighted by Crippen LogP contribution is -2.44. The molecule has 32 heavy (non-hydrogen) atoms. The molecular formula is C24H26N6O2. The highest BCUT2D eigenvalue weighted by molar-refractivity contribution is 5.71. The van der Waals surface area contributed by atoms with Gasteiger partial charge in [0.15, 0.2) is 5.65 Å². The number of anilines is 1. The Bertz CT molecular complexity index is 1320. The number of hydrogen-bond donors (Lipinski definition) is 1. The third kappa shape index (κ3) is 3.52. The summed E-state index contributed by atoms with van der Waals surface area (Å²) in [7, 11) is 3.78. The monoisotopic (exact) mass is 430 g/mol. The van der Waals surface area contributed by atoms with E-state index in [2.05, 4.69) is 32.9 Å². The lowest BCUT2D eigenvalue weighted by Gasteiger charge is -2.34. The minimum absolute atomic E-state index is 0.283. The normalized spacial score (nSPS) is 14.8. The third-order valence-electron chi connectivity index (χ3n) is 6.01. The summed E-state index contributed by atoms with van der Waals surface area (Å²) in [4.78, 5) is 30.1. The predicted molar refractivity (Wildman–Crippen MR) is 125 cm³/mol. The number of imidazole rings is 1. The van der Waals surface area contributed by atoms with Crippen LogP contribution in [0.1, 0.15) is 5.69 Å². The van der Waals surface area contributed by atoms with E-state index in [9.17, 15) is 4.79 Å². The Labute approximate surface area is 186 Å². The first-order valence-electron chi connectivity index (χ1n) is 10.7. The van der Waals surface area contributed by atoms with Crippen LogP contribution in [-0.2, 0) is 0 Å². The number of likely N-dealkylation sites (N-methyl/N-ethyl adjacent to an activating group) is 1. The minimum Gasteiger partial charge on any atom is -0.496 e. The molecular weight excluding hydrogens is 404 g/mol. The Morgan fingerprint density at radius 2 is 1.75 bits per heavy atom. The molecule has 1 aliphatic heterocycles. The van der Waals surface area contributed by atoms with Crippen LogP contribution >= 0.6 is 0 Å². The molecule has 8 nitrogen and oxygen atoms in total. The summed E-state index contributed by atoms with van der Waals surface area (Å²) in [5, 5.41) is 0. The van der Waals surface area contributed by atoms with Crippen molar-refractivity contribution >= 4 is 11.3 Å². The molecule has 164 valence electrons. The maximum atomic E-state index is 13.1. The van der Waals surface area contributed by atoms with Crippen molar-refractivity contribution in [3.8, 4) is 28.5 Å². The van der Waals surface area contributed by atoms with E-state index in [-0.39, 0.29) is 5.69 Å². The second-order valence-corrected chi connectivity index (χ2v) is 8.11. The van der Waals surface area contributed by atoms with E-state index in [1.165, 1.54) is 4.40 Å². The number of nitrogens with one attached hydrogen (secondary N) is 1. The van der Waals surface area contributed by atoms with Gasteiger partial charge in [0.25, 0.3) is 0 Å². The van der Waals surface area contributed by atoms with Crippen molar-refractivity contribution in [2.45, 2.75) is 6.92 Å². The largest absolute Gasteiger partial charge is 0.496 e. The van der Waals surface area contributed by atoms with Gasteiger partial charge < -0.3 is 14.5 Å². The highest BCUT2D eigenvalue weighted by atomic mass is 16.5. The first-order valence-corrected chi connectivity index (χ1v) is 10.7. The smallest absolute Gasteiger partial charge is 0.334 e. The van der Waals surface area contributed by atoms with Crippen molar-refractivity contribution in [3.63, 3.8) is 0 Å². The van der Waals surface area contributed by atoms with Crippen molar-refractivity contribution in [3.05, 3.63) is 64.7 Å². The Morgan fingerprint density at radius 1 is 1.00 bits per heavy atom. The van der Waals surface area contributed by atoms with Gasteiger partial charge in [-0.15, -0.1) is 0 Å². The van der Waals surface area contributed by atoms with Crippen LogP contribution in [0.5, 0.6) is 5.75 Å². The number of methoxy groups -OCH3 is 1. The van der Waals surface area contributed by atoms with Crippen LogP contribution in [0.3, 0.4) is 0 Å². The number of nitrogens with zero attached hydrogens (tertiary/aromatic N) is 5. The van der Waals surface area contributed by atoms with Gasteiger partial charge in [0.1, 0.15) is 17.4 Å². The zero-order valence-corrected chi connectivity index (χ0v) is 18.5. The maximum Gasteiger partial charge on any atom is 0.334 e. The molecule has 0 spiro atoms. The topological polar surface area (TPSA) is 78.8 Å². The number of aromatic amines is 1. The molecule has 0 radical (unpaired) electrons. The summed E-state index contributed by atoms with van der Waals surface area (Å²) < 4.78 is 7.21. The van der Waals surface area contributed by atoms with E-state index in [1.807, 2.05) is 49.4 Å². The Kier molecular flexibility index (Phi) is 5.14. The van der Waals surface area contributed by atoms with Gasteiger partial charge in [-0.1, -0.05) is 30.3 Å². The van der Waals surface area contributed by atoms with E-state index in [0.29, 0.717) is 28.7 Å². The molecule has 0 unspecified atom stereocenters. The van der Waals surface area contributed by atoms with Gasteiger partial charge in [-0.25, -0.2) is 19.2 Å². The Hall–Kier alpha value is -3.65. The average molecular weight is 431 g/mol. The molecule has 0 atom stereocenters. The average Bonchev–Trinajstić information content (AvgIpc) is 3.16. The number of fused-ring (bicyclic) bond motifs is 1. The van der Waals surface area contributed by atoms with E-state index in [0.717, 1.165) is 43.0 Å². The molecule has 0 aliphatic carbocycles. The van der Waals surface area contributed by atoms with Crippen molar-refractivity contribution in [1.29, 1.82) is 0 Å². The van der Waals surface area contributed by atoms with E-state index < -0.39 is 0 Å². The number of aromatic nitrogens is 4. The molecule has 0 bridgehead atoms. The van der Waals surface area contributed by atoms with Crippen LogP contribution in [0.4, 0.5) is 5.69 Å². The predicted octanol–water partition coefficient (Wildman–Crippen LogP) is 2.82. The van der Waals surface area contributed by atoms with Crippen molar-refractivity contribution in [2.24, 2.45) is 0 Å². The van der Waals surface area contributed by atoms with Crippen LogP contribution in [0.25, 0.3) is 28.4 Å². The minimum atomic E-state index is -0.283. The van der Waals surface area contributed by atoms with E-state index in [1.54, 1.807) is 7.11 Å². The Balaban J connectivity index is 1.58. The number of ether oxygens (including phenoxy) is 1. The molecule has 8 heteroatoms. The molecule has 4 aromatic rings. The van der Waals surface area contributed by atoms with Crippen molar-refractivity contribution in [1.82, 2.24) is 24.3 Å². The lowest BCUT2D eigenvalue weighted by atomic mass is 10.1. The second-order valence-electron chi connectivity index (χ2n) is 8.11. The van der Waals surface area contributed by atoms with Crippen LogP contribution in [0.15, 0.2) is 53.3 Å². The second kappa shape index (κ2) is 8.12. The lowest BCUT2D eigenvalue weighted by molar-refractivity contribution is 0.312. The number of benzene rings is 2. The number of H-pyrrole nitrogens is 1. The van der Waals surface area contributed by atoms with Gasteiger partial charge in [-0.3, -0.25) is 4.98 Å². The van der Waals surface area contributed by atoms with Gasteiger partial charge >= 0.3 is 5.69 Å². The molecule has 1 aliphatic rings. The third-order valence-corrected chi connectivity index (χ3v) is 6.01. The standard InChI is InChI=1S/C24H26N6O2/c1-16-22-26-21(27-24(31)30(22)23(25-16)17-7-5-4-6-8-17)19-10-9-18(15-20(19)32-3)29-13-11-28(2)12-14-29/h4-10,15H,11-14H2,1-3H3,(H,26,27,31). The van der Waals surface area contributed by atoms with Gasteiger partial charge in [0.05, 0.1) is 18.4 Å². The van der Waals surface area contributed by atoms with E-state index in [4.69, 9.17) is 9.72 Å². The zero-order valence-electron chi connectivity index (χ0n) is 18.5. The van der Waals surface area contributed by atoms with Crippen molar-refractivity contribution in [2.75, 3.05) is 45.2 Å². The molecule has 2 aromatic carbocycles. The molecule has 1 N–H and O–H groups in total. The van der Waals surface area contributed by atoms with Crippen molar-refractivity contribution < 1.29 is 4.74 Å². The Morgan fingerprint density at radius 3 is 2.47 bits per heavy atom. The molecule has 3 heterocycles. The molecule has 0 amide bonds. The molecule has 5 rings (SSSR count). The maximum absolute atomic E-state index is 13.1. The zero-order chi connectivity index (χ0) is 22.2. The summed E-state index contributed by atoms with van der Waals surface area (Å²) >= 11 is 0. The van der Waals surface area contributed by atoms with E-state index >= 15 is 0 Å². The number of piperazine rings is 1. The summed E-state index contributed by atoms with van der Waals surface area (Å²) in [5.41, 5.74) is 3.66. The highest BCUT2D eigenvalue weighted by Gasteiger charge is 2.19. The summed E-state index contributed by atoms with van der Waals surface area (Å²) in [6.07, 6.45) is 0. The van der Waals surface area contributed by atoms with Crippen LogP contribution < -0.4 is 15.3 Å². The van der Waals surface area contributed by atoms with Gasteiger partial charge in [0, 0.05) is 43.5 Å². The van der Waals surface area contributed by atoms with Gasteiger partial charge in [-0.2, -0.15) is 0 Å². The summed E-state index contributed by atoms with van der Waals surface area (Å²) in [5.74, 6) is 1.72. The molecule has 1 saturated heterocycles. The molecule has 2 aromatic heterocycles. The SMILES string of the molecule is COc1cc(N2CCN(C)CC2)ccc1-c1nc2c(C)nc(-c3ccccc3)n2c(=O)[nH]1. The fourth-order valence-electron chi connectivity index (χ4n) is 4.18. The number of hydrogen-bond acceptors (Lipinski definition) is 6. The highest BCUT2D eigenvalue weighted by Crippen LogP contribution is 2.32. The molecule has 1 fully saturated rings. The van der Waals surface area contributed by atoms with Crippen LogP contribution in [0, 0.1) is 6.92 Å². The summed E-state index contributed by atoms with van der Waals surface area (Å²) in [6.45, 7) is 5.86. The fourth-order valence-corrected chi connectivity index (χ4v) is 4.18. The van der Waals surface area contributed by atoms with Crippen LogP contribution in [0.2, 0.25) is 0 Å².